The van der Waals surface area contributed by atoms with Crippen molar-refractivity contribution < 1.29 is 18.7 Å². The van der Waals surface area contributed by atoms with Crippen LogP contribution in [0.4, 0.5) is 4.39 Å². The fraction of sp³-hybridized carbons (Fsp3) is 0.222. The van der Waals surface area contributed by atoms with E-state index in [1.54, 1.807) is 29.2 Å². The van der Waals surface area contributed by atoms with Gasteiger partial charge in [-0.15, -0.1) is 11.8 Å². The smallest absolute Gasteiger partial charge is 0.338 e. The van der Waals surface area contributed by atoms with E-state index in [0.29, 0.717) is 17.9 Å². The maximum atomic E-state index is 13.1. The monoisotopic (exact) mass is 345 g/mol. The number of amides is 1. The summed E-state index contributed by atoms with van der Waals surface area (Å²) in [4.78, 5) is 25.9. The molecule has 2 aromatic carbocycles. The molecule has 124 valence electrons. The van der Waals surface area contributed by atoms with Gasteiger partial charge < -0.3 is 9.64 Å². The zero-order chi connectivity index (χ0) is 17.1. The first kappa shape index (κ1) is 16.5. The third-order valence-corrected chi connectivity index (χ3v) is 5.14. The van der Waals surface area contributed by atoms with Crippen molar-refractivity contribution in [2.75, 3.05) is 12.9 Å². The van der Waals surface area contributed by atoms with Gasteiger partial charge in [0.25, 0.3) is 0 Å². The fourth-order valence-corrected chi connectivity index (χ4v) is 3.87. The van der Waals surface area contributed by atoms with Crippen LogP contribution in [-0.2, 0) is 16.1 Å². The molecule has 0 radical (unpaired) electrons. The molecule has 1 amide bonds. The number of carbonyl (C=O) groups is 2. The van der Waals surface area contributed by atoms with E-state index in [0.717, 1.165) is 11.1 Å². The lowest BCUT2D eigenvalue weighted by Crippen LogP contribution is -2.28. The Labute approximate surface area is 143 Å². The molecule has 1 aliphatic heterocycles. The van der Waals surface area contributed by atoms with E-state index in [9.17, 15) is 14.0 Å². The zero-order valence-electron chi connectivity index (χ0n) is 13.1. The second-order valence-corrected chi connectivity index (χ2v) is 6.45. The highest BCUT2D eigenvalue weighted by molar-refractivity contribution is 8.00. The van der Waals surface area contributed by atoms with Gasteiger partial charge in [0.2, 0.25) is 5.91 Å². The van der Waals surface area contributed by atoms with Crippen LogP contribution in [0, 0.1) is 5.82 Å². The third-order valence-electron chi connectivity index (χ3n) is 3.89. The highest BCUT2D eigenvalue weighted by atomic mass is 32.2. The van der Waals surface area contributed by atoms with E-state index < -0.39 is 5.97 Å². The first-order valence-corrected chi connectivity index (χ1v) is 8.48. The highest BCUT2D eigenvalue weighted by Gasteiger charge is 2.33. The zero-order valence-corrected chi connectivity index (χ0v) is 13.9. The van der Waals surface area contributed by atoms with E-state index >= 15 is 0 Å². The first-order valence-electron chi connectivity index (χ1n) is 7.43. The average Bonchev–Trinajstić information content (AvgIpc) is 2.96. The molecule has 0 saturated carbocycles. The van der Waals surface area contributed by atoms with Crippen molar-refractivity contribution in [2.45, 2.75) is 11.9 Å². The molecular formula is C18H16FNO3S. The molecule has 1 saturated heterocycles. The van der Waals surface area contributed by atoms with E-state index in [1.807, 2.05) is 12.1 Å². The largest absolute Gasteiger partial charge is 0.465 e. The van der Waals surface area contributed by atoms with Gasteiger partial charge in [0.15, 0.2) is 0 Å². The minimum absolute atomic E-state index is 0.00556. The normalized spacial score (nSPS) is 17.2. The summed E-state index contributed by atoms with van der Waals surface area (Å²) in [5.74, 6) is -0.379. The minimum atomic E-state index is -0.428. The molecule has 0 spiro atoms. The van der Waals surface area contributed by atoms with Crippen LogP contribution in [0.3, 0.4) is 0 Å². The van der Waals surface area contributed by atoms with Crippen molar-refractivity contribution >= 4 is 23.6 Å². The summed E-state index contributed by atoms with van der Waals surface area (Å²) in [5, 5.41) is -0.191. The van der Waals surface area contributed by atoms with Gasteiger partial charge in [-0.2, -0.15) is 0 Å². The van der Waals surface area contributed by atoms with Crippen LogP contribution in [0.25, 0.3) is 0 Å². The maximum Gasteiger partial charge on any atom is 0.338 e. The third kappa shape index (κ3) is 3.28. The number of hydrogen-bond acceptors (Lipinski definition) is 4. The van der Waals surface area contributed by atoms with Gasteiger partial charge in [-0.1, -0.05) is 30.3 Å². The summed E-state index contributed by atoms with van der Waals surface area (Å²) in [6.07, 6.45) is 0. The standard InChI is InChI=1S/C18H16FNO3S/c1-23-18(22)15-5-3-2-4-13(15)10-20-16(21)11-24-17(20)12-6-8-14(19)9-7-12/h2-9,17H,10-11H2,1H3. The number of hydrogen-bond donors (Lipinski definition) is 0. The predicted molar refractivity (Wildman–Crippen MR) is 89.9 cm³/mol. The van der Waals surface area contributed by atoms with Crippen LogP contribution in [0.15, 0.2) is 48.5 Å². The second kappa shape index (κ2) is 7.05. The first-order chi connectivity index (χ1) is 11.6. The number of rotatable bonds is 4. The SMILES string of the molecule is COC(=O)c1ccccc1CN1C(=O)CSC1c1ccc(F)cc1. The van der Waals surface area contributed by atoms with Gasteiger partial charge in [0.1, 0.15) is 11.2 Å². The lowest BCUT2D eigenvalue weighted by molar-refractivity contribution is -0.128. The molecule has 1 unspecified atom stereocenters. The van der Waals surface area contributed by atoms with Gasteiger partial charge in [0.05, 0.1) is 18.4 Å². The van der Waals surface area contributed by atoms with E-state index in [2.05, 4.69) is 0 Å². The molecule has 1 heterocycles. The minimum Gasteiger partial charge on any atom is -0.465 e. The number of carbonyl (C=O) groups excluding carboxylic acids is 2. The molecule has 6 heteroatoms. The van der Waals surface area contributed by atoms with Crippen LogP contribution < -0.4 is 0 Å². The molecular weight excluding hydrogens is 329 g/mol. The van der Waals surface area contributed by atoms with Gasteiger partial charge in [-0.3, -0.25) is 4.79 Å². The Bertz CT molecular complexity index is 763. The van der Waals surface area contributed by atoms with Gasteiger partial charge in [-0.05, 0) is 29.3 Å². The number of nitrogens with zero attached hydrogens (tertiary/aromatic N) is 1. The number of methoxy groups -OCH3 is 1. The van der Waals surface area contributed by atoms with Crippen LogP contribution in [0.1, 0.15) is 26.9 Å². The van der Waals surface area contributed by atoms with Crippen LogP contribution in [0.5, 0.6) is 0 Å². The Morgan fingerprint density at radius 2 is 1.96 bits per heavy atom. The Morgan fingerprint density at radius 1 is 1.25 bits per heavy atom. The molecule has 1 atom stereocenters. The van der Waals surface area contributed by atoms with Crippen LogP contribution in [0.2, 0.25) is 0 Å². The van der Waals surface area contributed by atoms with Crippen molar-refractivity contribution in [2.24, 2.45) is 0 Å². The van der Waals surface area contributed by atoms with Crippen molar-refractivity contribution in [3.8, 4) is 0 Å². The van der Waals surface area contributed by atoms with E-state index in [4.69, 9.17) is 4.74 Å². The van der Waals surface area contributed by atoms with Crippen LogP contribution >= 0.6 is 11.8 Å². The van der Waals surface area contributed by atoms with Gasteiger partial charge in [-0.25, -0.2) is 9.18 Å². The number of ether oxygens (including phenoxy) is 1. The molecule has 1 aliphatic rings. The number of benzene rings is 2. The predicted octanol–water partition coefficient (Wildman–Crippen LogP) is 3.39. The molecule has 4 nitrogen and oxygen atoms in total. The number of thioether (sulfide) groups is 1. The Hall–Kier alpha value is -2.34. The Morgan fingerprint density at radius 3 is 2.67 bits per heavy atom. The van der Waals surface area contributed by atoms with Gasteiger partial charge in [0, 0.05) is 6.54 Å². The van der Waals surface area contributed by atoms with Crippen LogP contribution in [-0.4, -0.2) is 29.6 Å². The van der Waals surface area contributed by atoms with E-state index in [-0.39, 0.29) is 17.1 Å². The molecule has 0 aliphatic carbocycles. The van der Waals surface area contributed by atoms with Crippen molar-refractivity contribution in [3.63, 3.8) is 0 Å². The fourth-order valence-electron chi connectivity index (χ4n) is 2.68. The lowest BCUT2D eigenvalue weighted by Gasteiger charge is -2.25. The molecule has 24 heavy (non-hydrogen) atoms. The summed E-state index contributed by atoms with van der Waals surface area (Å²) in [7, 11) is 1.33. The topological polar surface area (TPSA) is 46.6 Å². The molecule has 0 aromatic heterocycles. The highest BCUT2D eigenvalue weighted by Crippen LogP contribution is 2.39. The molecule has 3 rings (SSSR count). The summed E-state index contributed by atoms with van der Waals surface area (Å²) in [6.45, 7) is 0.305. The molecule has 0 N–H and O–H groups in total. The number of halogens is 1. The lowest BCUT2D eigenvalue weighted by atomic mass is 10.1. The molecule has 1 fully saturated rings. The Kier molecular flexibility index (Phi) is 4.85. The summed E-state index contributed by atoms with van der Waals surface area (Å²) in [5.41, 5.74) is 2.04. The Balaban J connectivity index is 1.89. The molecule has 2 aromatic rings. The van der Waals surface area contributed by atoms with Gasteiger partial charge >= 0.3 is 5.97 Å². The quantitative estimate of drug-likeness (QED) is 0.797. The number of esters is 1. The van der Waals surface area contributed by atoms with Crippen molar-refractivity contribution in [1.82, 2.24) is 4.90 Å². The molecule has 0 bridgehead atoms. The average molecular weight is 345 g/mol. The second-order valence-electron chi connectivity index (χ2n) is 5.39. The van der Waals surface area contributed by atoms with Crippen molar-refractivity contribution in [1.29, 1.82) is 0 Å². The van der Waals surface area contributed by atoms with Crippen molar-refractivity contribution in [3.05, 3.63) is 71.0 Å². The summed E-state index contributed by atoms with van der Waals surface area (Å²) < 4.78 is 17.9. The summed E-state index contributed by atoms with van der Waals surface area (Å²) in [6, 6.07) is 13.2. The summed E-state index contributed by atoms with van der Waals surface area (Å²) >= 11 is 1.49. The van der Waals surface area contributed by atoms with E-state index in [1.165, 1.54) is 31.0 Å². The maximum absolute atomic E-state index is 13.1.